The average Bonchev–Trinajstić information content (AvgIpc) is 3.13. The van der Waals surface area contributed by atoms with E-state index in [9.17, 15) is 0 Å². The fourth-order valence-corrected chi connectivity index (χ4v) is 2.01. The Balaban J connectivity index is 1.53. The molecule has 1 heterocycles. The number of hydrogen-bond donors (Lipinski definition) is 1. The van der Waals surface area contributed by atoms with Gasteiger partial charge in [-0.2, -0.15) is 5.10 Å². The minimum absolute atomic E-state index is 0.641. The van der Waals surface area contributed by atoms with E-state index in [1.165, 1.54) is 18.4 Å². The summed E-state index contributed by atoms with van der Waals surface area (Å²) in [4.78, 5) is 0. The number of nitrogens with one attached hydrogen (secondary N) is 1. The van der Waals surface area contributed by atoms with E-state index in [2.05, 4.69) is 22.5 Å². The van der Waals surface area contributed by atoms with Gasteiger partial charge in [-0.05, 0) is 25.0 Å². The molecule has 4 heteroatoms. The molecule has 1 N–H and O–H groups in total. The first kappa shape index (κ1) is 12.2. The van der Waals surface area contributed by atoms with Crippen molar-refractivity contribution >= 4 is 0 Å². The van der Waals surface area contributed by atoms with Crippen molar-refractivity contribution in [3.63, 3.8) is 0 Å². The molecule has 1 aromatic carbocycles. The predicted octanol–water partition coefficient (Wildman–Crippen LogP) is 2.21. The SMILES string of the molecule is c1ccc(OCCn2cccn2)c(CNC2CC2)c1. The van der Waals surface area contributed by atoms with Crippen LogP contribution in [0.4, 0.5) is 0 Å². The molecule has 0 radical (unpaired) electrons. The van der Waals surface area contributed by atoms with Crippen molar-refractivity contribution in [3.8, 4) is 5.75 Å². The van der Waals surface area contributed by atoms with Gasteiger partial charge in [-0.1, -0.05) is 18.2 Å². The molecule has 2 aromatic rings. The van der Waals surface area contributed by atoms with E-state index in [0.717, 1.165) is 24.9 Å². The fraction of sp³-hybridized carbons (Fsp3) is 0.400. The van der Waals surface area contributed by atoms with Gasteiger partial charge in [0.1, 0.15) is 12.4 Å². The van der Waals surface area contributed by atoms with E-state index >= 15 is 0 Å². The van der Waals surface area contributed by atoms with Crippen LogP contribution < -0.4 is 10.1 Å². The second-order valence-electron chi connectivity index (χ2n) is 4.88. The van der Waals surface area contributed by atoms with Crippen LogP contribution in [0.3, 0.4) is 0 Å². The normalized spacial score (nSPS) is 14.5. The number of rotatable bonds is 7. The van der Waals surface area contributed by atoms with Crippen LogP contribution in [0.1, 0.15) is 18.4 Å². The summed E-state index contributed by atoms with van der Waals surface area (Å²) in [6.07, 6.45) is 6.35. The van der Waals surface area contributed by atoms with Gasteiger partial charge >= 0.3 is 0 Å². The van der Waals surface area contributed by atoms with Crippen LogP contribution in [0.5, 0.6) is 5.75 Å². The molecule has 0 bridgehead atoms. The van der Waals surface area contributed by atoms with Gasteiger partial charge < -0.3 is 10.1 Å². The lowest BCUT2D eigenvalue weighted by Crippen LogP contribution is -2.16. The maximum Gasteiger partial charge on any atom is 0.123 e. The maximum atomic E-state index is 5.86. The average molecular weight is 257 g/mol. The molecular weight excluding hydrogens is 238 g/mol. The molecule has 1 aromatic heterocycles. The molecule has 0 aliphatic heterocycles. The highest BCUT2D eigenvalue weighted by molar-refractivity contribution is 5.33. The lowest BCUT2D eigenvalue weighted by atomic mass is 10.2. The minimum atomic E-state index is 0.641. The van der Waals surface area contributed by atoms with E-state index in [-0.39, 0.29) is 0 Å². The highest BCUT2D eigenvalue weighted by Crippen LogP contribution is 2.22. The molecule has 4 nitrogen and oxygen atoms in total. The molecule has 0 unspecified atom stereocenters. The number of nitrogens with zero attached hydrogens (tertiary/aromatic N) is 2. The van der Waals surface area contributed by atoms with Crippen molar-refractivity contribution < 1.29 is 4.74 Å². The first-order valence-corrected chi connectivity index (χ1v) is 6.83. The smallest absolute Gasteiger partial charge is 0.123 e. The van der Waals surface area contributed by atoms with Crippen molar-refractivity contribution in [1.29, 1.82) is 0 Å². The number of aromatic nitrogens is 2. The summed E-state index contributed by atoms with van der Waals surface area (Å²) in [6.45, 7) is 2.31. The Morgan fingerprint density at radius 1 is 1.26 bits per heavy atom. The highest BCUT2D eigenvalue weighted by Gasteiger charge is 2.20. The van der Waals surface area contributed by atoms with E-state index < -0.39 is 0 Å². The Morgan fingerprint density at radius 3 is 2.95 bits per heavy atom. The third-order valence-corrected chi connectivity index (χ3v) is 3.27. The largest absolute Gasteiger partial charge is 0.491 e. The standard InChI is InChI=1S/C15H19N3O/c1-2-5-15(13(4-1)12-16-14-6-7-14)19-11-10-18-9-3-8-17-18/h1-5,8-9,14,16H,6-7,10-12H2. The molecule has 0 amide bonds. The molecular formula is C15H19N3O. The van der Waals surface area contributed by atoms with Crippen LogP contribution in [0, 0.1) is 0 Å². The Morgan fingerprint density at radius 2 is 2.16 bits per heavy atom. The van der Waals surface area contributed by atoms with Crippen LogP contribution in [0.25, 0.3) is 0 Å². The molecule has 0 saturated heterocycles. The zero-order valence-electron chi connectivity index (χ0n) is 11.0. The van der Waals surface area contributed by atoms with E-state index in [1.807, 2.05) is 29.1 Å². The van der Waals surface area contributed by atoms with Crippen molar-refractivity contribution in [2.45, 2.75) is 32.0 Å². The topological polar surface area (TPSA) is 39.1 Å². The molecule has 1 saturated carbocycles. The second kappa shape index (κ2) is 5.89. The Labute approximate surface area is 113 Å². The molecule has 1 aliphatic carbocycles. The van der Waals surface area contributed by atoms with Crippen molar-refractivity contribution in [1.82, 2.24) is 15.1 Å². The summed E-state index contributed by atoms with van der Waals surface area (Å²) in [6, 6.07) is 10.9. The van der Waals surface area contributed by atoms with Gasteiger partial charge in [0.05, 0.1) is 6.54 Å². The fourth-order valence-electron chi connectivity index (χ4n) is 2.01. The molecule has 0 spiro atoms. The number of ether oxygens (including phenoxy) is 1. The summed E-state index contributed by atoms with van der Waals surface area (Å²) in [5.41, 5.74) is 1.23. The first-order valence-electron chi connectivity index (χ1n) is 6.83. The number of hydrogen-bond acceptors (Lipinski definition) is 3. The summed E-state index contributed by atoms with van der Waals surface area (Å²) in [5.74, 6) is 0.975. The summed E-state index contributed by atoms with van der Waals surface area (Å²) in [5, 5.41) is 7.68. The zero-order chi connectivity index (χ0) is 12.9. The van der Waals surface area contributed by atoms with E-state index in [1.54, 1.807) is 6.20 Å². The van der Waals surface area contributed by atoms with Crippen LogP contribution in [0.15, 0.2) is 42.7 Å². The predicted molar refractivity (Wildman–Crippen MR) is 74.0 cm³/mol. The summed E-state index contributed by atoms with van der Waals surface area (Å²) >= 11 is 0. The van der Waals surface area contributed by atoms with Crippen molar-refractivity contribution in [3.05, 3.63) is 48.3 Å². The quantitative estimate of drug-likeness (QED) is 0.826. The van der Waals surface area contributed by atoms with Gasteiger partial charge in [-0.25, -0.2) is 0 Å². The molecule has 19 heavy (non-hydrogen) atoms. The monoisotopic (exact) mass is 257 g/mol. The Bertz CT molecular complexity index is 506. The van der Waals surface area contributed by atoms with Crippen LogP contribution in [-0.2, 0) is 13.1 Å². The van der Waals surface area contributed by atoms with E-state index in [0.29, 0.717) is 6.61 Å². The number of benzene rings is 1. The first-order chi connectivity index (χ1) is 9.42. The van der Waals surface area contributed by atoms with Crippen molar-refractivity contribution in [2.75, 3.05) is 6.61 Å². The van der Waals surface area contributed by atoms with E-state index in [4.69, 9.17) is 4.74 Å². The third kappa shape index (κ3) is 3.58. The Hall–Kier alpha value is -1.81. The van der Waals surface area contributed by atoms with Crippen molar-refractivity contribution in [2.24, 2.45) is 0 Å². The molecule has 1 aliphatic rings. The van der Waals surface area contributed by atoms with Crippen LogP contribution in [0.2, 0.25) is 0 Å². The maximum absolute atomic E-state index is 5.86. The second-order valence-corrected chi connectivity index (χ2v) is 4.88. The van der Waals surface area contributed by atoms with Gasteiger partial charge in [0, 0.05) is 30.5 Å². The summed E-state index contributed by atoms with van der Waals surface area (Å²) in [7, 11) is 0. The van der Waals surface area contributed by atoms with Gasteiger partial charge in [-0.15, -0.1) is 0 Å². The lowest BCUT2D eigenvalue weighted by molar-refractivity contribution is 0.288. The number of para-hydroxylation sites is 1. The van der Waals surface area contributed by atoms with Gasteiger partial charge in [0.25, 0.3) is 0 Å². The highest BCUT2D eigenvalue weighted by atomic mass is 16.5. The zero-order valence-corrected chi connectivity index (χ0v) is 11.0. The lowest BCUT2D eigenvalue weighted by Gasteiger charge is -2.12. The van der Waals surface area contributed by atoms with Crippen LogP contribution >= 0.6 is 0 Å². The molecule has 3 rings (SSSR count). The molecule has 100 valence electrons. The Kier molecular flexibility index (Phi) is 3.79. The van der Waals surface area contributed by atoms with Gasteiger partial charge in [-0.3, -0.25) is 4.68 Å². The van der Waals surface area contributed by atoms with Gasteiger partial charge in [0.15, 0.2) is 0 Å². The van der Waals surface area contributed by atoms with Gasteiger partial charge in [0.2, 0.25) is 0 Å². The molecule has 1 fully saturated rings. The minimum Gasteiger partial charge on any atom is -0.491 e. The third-order valence-electron chi connectivity index (χ3n) is 3.27. The summed E-state index contributed by atoms with van der Waals surface area (Å²) < 4.78 is 7.74. The molecule has 0 atom stereocenters. The van der Waals surface area contributed by atoms with Crippen LogP contribution in [-0.4, -0.2) is 22.4 Å².